The van der Waals surface area contributed by atoms with Crippen LogP contribution < -0.4 is 0 Å². The fourth-order valence-corrected chi connectivity index (χ4v) is 2.61. The van der Waals surface area contributed by atoms with Gasteiger partial charge in [-0.25, -0.2) is 4.39 Å². The summed E-state index contributed by atoms with van der Waals surface area (Å²) in [4.78, 5) is 14.3. The average Bonchev–Trinajstić information content (AvgIpc) is 3.16. The van der Waals surface area contributed by atoms with Crippen molar-refractivity contribution in [1.82, 2.24) is 4.90 Å². The van der Waals surface area contributed by atoms with Gasteiger partial charge in [0.05, 0.1) is 12.8 Å². The maximum absolute atomic E-state index is 13.5. The number of hydrogen-bond donors (Lipinski definition) is 1. The molecule has 1 atom stereocenters. The Bertz CT molecular complexity index is 818. The van der Waals surface area contributed by atoms with Crippen molar-refractivity contribution < 1.29 is 18.7 Å². The molecule has 1 heterocycles. The number of carbonyl (C=O) groups is 1. The van der Waals surface area contributed by atoms with Crippen molar-refractivity contribution in [2.24, 2.45) is 0 Å². The van der Waals surface area contributed by atoms with Crippen molar-refractivity contribution in [3.05, 3.63) is 95.7 Å². The van der Waals surface area contributed by atoms with Crippen LogP contribution in [-0.4, -0.2) is 22.5 Å². The number of hydrogen-bond acceptors (Lipinski definition) is 3. The van der Waals surface area contributed by atoms with E-state index in [1.807, 2.05) is 30.3 Å². The highest BCUT2D eigenvalue weighted by molar-refractivity contribution is 5.94. The van der Waals surface area contributed by atoms with E-state index in [0.29, 0.717) is 12.3 Å². The van der Waals surface area contributed by atoms with Gasteiger partial charge in [-0.3, -0.25) is 4.79 Å². The molecule has 1 aromatic heterocycles. The first kappa shape index (κ1) is 16.9. The van der Waals surface area contributed by atoms with Crippen LogP contribution in [0.2, 0.25) is 0 Å². The number of rotatable bonds is 6. The summed E-state index contributed by atoms with van der Waals surface area (Å²) < 4.78 is 18.7. The van der Waals surface area contributed by atoms with Gasteiger partial charge in [0.15, 0.2) is 0 Å². The molecule has 0 saturated heterocycles. The van der Waals surface area contributed by atoms with E-state index in [0.717, 1.165) is 5.56 Å². The third kappa shape index (κ3) is 4.33. The van der Waals surface area contributed by atoms with E-state index in [9.17, 15) is 14.3 Å². The van der Waals surface area contributed by atoms with Crippen LogP contribution >= 0.6 is 0 Å². The van der Waals surface area contributed by atoms with E-state index < -0.39 is 11.9 Å². The summed E-state index contributed by atoms with van der Waals surface area (Å²) in [6.45, 7) is 0.339. The Labute approximate surface area is 145 Å². The second-order valence-electron chi connectivity index (χ2n) is 5.71. The summed E-state index contributed by atoms with van der Waals surface area (Å²) in [5.41, 5.74) is 1.15. The third-order valence-electron chi connectivity index (χ3n) is 3.84. The summed E-state index contributed by atoms with van der Waals surface area (Å²) >= 11 is 0. The number of amides is 1. The van der Waals surface area contributed by atoms with Crippen molar-refractivity contribution in [3.63, 3.8) is 0 Å². The van der Waals surface area contributed by atoms with Gasteiger partial charge < -0.3 is 14.4 Å². The van der Waals surface area contributed by atoms with Crippen molar-refractivity contribution in [3.8, 4) is 0 Å². The normalized spacial score (nSPS) is 11.9. The van der Waals surface area contributed by atoms with Crippen molar-refractivity contribution >= 4 is 5.91 Å². The lowest BCUT2D eigenvalue weighted by molar-refractivity contribution is 0.0563. The Kier molecular flexibility index (Phi) is 5.26. The molecular weight excluding hydrogens is 321 g/mol. The predicted octanol–water partition coefficient (Wildman–Crippen LogP) is 3.79. The summed E-state index contributed by atoms with van der Waals surface area (Å²) in [6.07, 6.45) is 0.505. The molecule has 0 aliphatic carbocycles. The van der Waals surface area contributed by atoms with Gasteiger partial charge in [0.1, 0.15) is 17.7 Å². The predicted molar refractivity (Wildman–Crippen MR) is 91.3 cm³/mol. The number of benzene rings is 2. The molecule has 0 aliphatic rings. The van der Waals surface area contributed by atoms with Gasteiger partial charge >= 0.3 is 0 Å². The van der Waals surface area contributed by atoms with Crippen LogP contribution in [0.4, 0.5) is 4.39 Å². The zero-order chi connectivity index (χ0) is 17.6. The Morgan fingerprint density at radius 1 is 1.08 bits per heavy atom. The second-order valence-corrected chi connectivity index (χ2v) is 5.71. The van der Waals surface area contributed by atoms with Crippen LogP contribution in [0.3, 0.4) is 0 Å². The van der Waals surface area contributed by atoms with Crippen molar-refractivity contribution in [2.75, 3.05) is 6.54 Å². The van der Waals surface area contributed by atoms with Gasteiger partial charge in [-0.05, 0) is 35.9 Å². The van der Waals surface area contributed by atoms with Crippen molar-refractivity contribution in [1.29, 1.82) is 0 Å². The lowest BCUT2D eigenvalue weighted by Gasteiger charge is -2.25. The van der Waals surface area contributed by atoms with E-state index in [4.69, 9.17) is 4.42 Å². The summed E-state index contributed by atoms with van der Waals surface area (Å²) in [5.74, 6) is -0.448. The van der Waals surface area contributed by atoms with Crippen LogP contribution in [0, 0.1) is 5.82 Å². The number of halogens is 1. The summed E-state index contributed by atoms with van der Waals surface area (Å²) in [6, 6.07) is 18.3. The maximum atomic E-state index is 13.5. The molecule has 4 nitrogen and oxygen atoms in total. The monoisotopic (exact) mass is 339 g/mol. The topological polar surface area (TPSA) is 53.7 Å². The average molecular weight is 339 g/mol. The lowest BCUT2D eigenvalue weighted by Crippen LogP contribution is -2.34. The van der Waals surface area contributed by atoms with Gasteiger partial charge in [-0.15, -0.1) is 0 Å². The molecule has 3 rings (SSSR count). The molecule has 1 amide bonds. The first-order valence-electron chi connectivity index (χ1n) is 7.94. The molecule has 25 heavy (non-hydrogen) atoms. The fourth-order valence-electron chi connectivity index (χ4n) is 2.61. The molecule has 0 radical (unpaired) electrons. The molecule has 5 heteroatoms. The van der Waals surface area contributed by atoms with E-state index in [-0.39, 0.29) is 18.0 Å². The molecular formula is C20H18FNO3. The fraction of sp³-hybridized carbons (Fsp3) is 0.150. The lowest BCUT2D eigenvalue weighted by atomic mass is 10.1. The SMILES string of the molecule is O=C(c1cccc(F)c1)N(Cc1ccccc1)CC(O)c1ccco1. The van der Waals surface area contributed by atoms with Crippen LogP contribution in [0.25, 0.3) is 0 Å². The van der Waals surface area contributed by atoms with E-state index >= 15 is 0 Å². The smallest absolute Gasteiger partial charge is 0.254 e. The van der Waals surface area contributed by atoms with Crippen molar-refractivity contribution in [2.45, 2.75) is 12.6 Å². The standard InChI is InChI=1S/C20H18FNO3/c21-17-9-4-8-16(12-17)20(24)22(13-15-6-2-1-3-7-15)14-18(23)19-10-5-11-25-19/h1-12,18,23H,13-14H2. The molecule has 0 fully saturated rings. The summed E-state index contributed by atoms with van der Waals surface area (Å²) in [5, 5.41) is 10.3. The molecule has 0 aliphatic heterocycles. The molecule has 128 valence electrons. The molecule has 2 aromatic carbocycles. The Balaban J connectivity index is 1.84. The third-order valence-corrected chi connectivity index (χ3v) is 3.84. The quantitative estimate of drug-likeness (QED) is 0.743. The largest absolute Gasteiger partial charge is 0.467 e. The van der Waals surface area contributed by atoms with Gasteiger partial charge in [-0.1, -0.05) is 36.4 Å². The first-order chi connectivity index (χ1) is 12.1. The second kappa shape index (κ2) is 7.77. The van der Waals surface area contributed by atoms with E-state index in [1.165, 1.54) is 29.4 Å². The molecule has 0 spiro atoms. The molecule has 1 N–H and O–H groups in total. The first-order valence-corrected chi connectivity index (χ1v) is 7.94. The van der Waals surface area contributed by atoms with Gasteiger partial charge in [-0.2, -0.15) is 0 Å². The highest BCUT2D eigenvalue weighted by Crippen LogP contribution is 2.18. The maximum Gasteiger partial charge on any atom is 0.254 e. The van der Waals surface area contributed by atoms with Gasteiger partial charge in [0, 0.05) is 12.1 Å². The van der Waals surface area contributed by atoms with Crippen LogP contribution in [-0.2, 0) is 6.54 Å². The van der Waals surface area contributed by atoms with E-state index in [2.05, 4.69) is 0 Å². The molecule has 0 bridgehead atoms. The highest BCUT2D eigenvalue weighted by Gasteiger charge is 2.22. The van der Waals surface area contributed by atoms with Crippen LogP contribution in [0.15, 0.2) is 77.4 Å². The van der Waals surface area contributed by atoms with Gasteiger partial charge in [0.25, 0.3) is 5.91 Å². The molecule has 3 aromatic rings. The Morgan fingerprint density at radius 2 is 1.88 bits per heavy atom. The number of furan rings is 1. The van der Waals surface area contributed by atoms with Crippen LogP contribution in [0.5, 0.6) is 0 Å². The minimum Gasteiger partial charge on any atom is -0.467 e. The van der Waals surface area contributed by atoms with Crippen LogP contribution in [0.1, 0.15) is 27.8 Å². The molecule has 0 saturated carbocycles. The minimum atomic E-state index is -0.962. The number of carbonyl (C=O) groups excluding carboxylic acids is 1. The van der Waals surface area contributed by atoms with Gasteiger partial charge in [0.2, 0.25) is 0 Å². The highest BCUT2D eigenvalue weighted by atomic mass is 19.1. The van der Waals surface area contributed by atoms with E-state index in [1.54, 1.807) is 18.2 Å². The molecule has 1 unspecified atom stereocenters. The zero-order valence-electron chi connectivity index (χ0n) is 13.5. The summed E-state index contributed by atoms with van der Waals surface area (Å²) in [7, 11) is 0. The number of nitrogens with zero attached hydrogens (tertiary/aromatic N) is 1. The Morgan fingerprint density at radius 3 is 2.56 bits per heavy atom. The Hall–Kier alpha value is -2.92. The number of aliphatic hydroxyl groups is 1. The minimum absolute atomic E-state index is 0.0394. The zero-order valence-corrected chi connectivity index (χ0v) is 13.5. The number of aliphatic hydroxyl groups excluding tert-OH is 1.